The summed E-state index contributed by atoms with van der Waals surface area (Å²) in [6, 6.07) is 9.40. The Balaban J connectivity index is 2.06. The van der Waals surface area contributed by atoms with Crippen LogP contribution in [0.5, 0.6) is 0 Å². The van der Waals surface area contributed by atoms with Crippen molar-refractivity contribution in [3.05, 3.63) is 66.0 Å². The molecule has 0 aliphatic rings. The SMILES string of the molecule is COC(=O)/C=C/CNC(=O)c1ccc(C)c(-n2cccc2)c1. The summed E-state index contributed by atoms with van der Waals surface area (Å²) in [6.45, 7) is 2.26. The van der Waals surface area contributed by atoms with Crippen molar-refractivity contribution in [3.63, 3.8) is 0 Å². The van der Waals surface area contributed by atoms with E-state index >= 15 is 0 Å². The second kappa shape index (κ2) is 7.26. The molecular formula is C17H18N2O3. The molecular weight excluding hydrogens is 280 g/mol. The third-order valence-electron chi connectivity index (χ3n) is 3.19. The third kappa shape index (κ3) is 3.85. The molecule has 1 heterocycles. The first kappa shape index (κ1) is 15.6. The molecule has 2 aromatic rings. The van der Waals surface area contributed by atoms with E-state index in [0.29, 0.717) is 5.56 Å². The number of hydrogen-bond acceptors (Lipinski definition) is 3. The zero-order chi connectivity index (χ0) is 15.9. The van der Waals surface area contributed by atoms with Gasteiger partial charge in [-0.15, -0.1) is 0 Å². The monoisotopic (exact) mass is 298 g/mol. The average Bonchev–Trinajstić information content (AvgIpc) is 3.05. The van der Waals surface area contributed by atoms with Gasteiger partial charge in [0.25, 0.3) is 5.91 Å². The molecule has 0 aliphatic heterocycles. The van der Waals surface area contributed by atoms with E-state index in [2.05, 4.69) is 10.1 Å². The molecule has 0 unspecified atom stereocenters. The number of aromatic nitrogens is 1. The fraction of sp³-hybridized carbons (Fsp3) is 0.176. The molecule has 0 fully saturated rings. The Morgan fingerprint density at radius 1 is 1.27 bits per heavy atom. The lowest BCUT2D eigenvalue weighted by atomic mass is 10.1. The maximum absolute atomic E-state index is 12.1. The molecule has 5 heteroatoms. The molecule has 1 aromatic carbocycles. The highest BCUT2D eigenvalue weighted by atomic mass is 16.5. The second-order valence-corrected chi connectivity index (χ2v) is 4.73. The normalized spacial score (nSPS) is 10.6. The highest BCUT2D eigenvalue weighted by Crippen LogP contribution is 2.16. The summed E-state index contributed by atoms with van der Waals surface area (Å²) >= 11 is 0. The summed E-state index contributed by atoms with van der Waals surface area (Å²) in [4.78, 5) is 23.0. The number of hydrogen-bond donors (Lipinski definition) is 1. The van der Waals surface area contributed by atoms with Crippen LogP contribution in [0.1, 0.15) is 15.9 Å². The summed E-state index contributed by atoms with van der Waals surface area (Å²) in [5.41, 5.74) is 2.61. The Bertz CT molecular complexity index is 688. The number of esters is 1. The zero-order valence-corrected chi connectivity index (χ0v) is 12.6. The number of rotatable bonds is 5. The van der Waals surface area contributed by atoms with E-state index in [9.17, 15) is 9.59 Å². The average molecular weight is 298 g/mol. The van der Waals surface area contributed by atoms with Crippen LogP contribution in [-0.4, -0.2) is 30.1 Å². The van der Waals surface area contributed by atoms with Gasteiger partial charge >= 0.3 is 5.97 Å². The van der Waals surface area contributed by atoms with Gasteiger partial charge < -0.3 is 14.6 Å². The molecule has 0 spiro atoms. The molecule has 0 aliphatic carbocycles. The number of nitrogens with one attached hydrogen (secondary N) is 1. The predicted octanol–water partition coefficient (Wildman–Crippen LogP) is 2.24. The maximum Gasteiger partial charge on any atom is 0.330 e. The largest absolute Gasteiger partial charge is 0.466 e. The minimum Gasteiger partial charge on any atom is -0.466 e. The highest BCUT2D eigenvalue weighted by Gasteiger charge is 2.08. The molecule has 0 atom stereocenters. The van der Waals surface area contributed by atoms with Crippen molar-refractivity contribution in [2.24, 2.45) is 0 Å². The van der Waals surface area contributed by atoms with Crippen LogP contribution in [0.3, 0.4) is 0 Å². The van der Waals surface area contributed by atoms with Gasteiger partial charge in [0, 0.05) is 36.3 Å². The number of benzene rings is 1. The van der Waals surface area contributed by atoms with Crippen LogP contribution in [-0.2, 0) is 9.53 Å². The summed E-state index contributed by atoms with van der Waals surface area (Å²) in [5.74, 6) is -0.637. The first-order valence-electron chi connectivity index (χ1n) is 6.88. The van der Waals surface area contributed by atoms with Crippen LogP contribution in [0.4, 0.5) is 0 Å². The van der Waals surface area contributed by atoms with Gasteiger partial charge in [-0.3, -0.25) is 4.79 Å². The molecule has 114 valence electrons. The fourth-order valence-electron chi connectivity index (χ4n) is 2.00. The number of nitrogens with zero attached hydrogens (tertiary/aromatic N) is 1. The van der Waals surface area contributed by atoms with E-state index in [1.54, 1.807) is 12.1 Å². The van der Waals surface area contributed by atoms with E-state index in [-0.39, 0.29) is 12.5 Å². The molecule has 0 bridgehead atoms. The molecule has 0 saturated heterocycles. The van der Waals surface area contributed by atoms with Crippen LogP contribution in [0, 0.1) is 6.92 Å². The minimum absolute atomic E-state index is 0.192. The van der Waals surface area contributed by atoms with Gasteiger partial charge in [-0.2, -0.15) is 0 Å². The predicted molar refractivity (Wildman–Crippen MR) is 84.0 cm³/mol. The molecule has 0 radical (unpaired) electrons. The van der Waals surface area contributed by atoms with Crippen LogP contribution in [0.2, 0.25) is 0 Å². The van der Waals surface area contributed by atoms with Crippen molar-refractivity contribution >= 4 is 11.9 Å². The lowest BCUT2D eigenvalue weighted by Gasteiger charge is -2.10. The zero-order valence-electron chi connectivity index (χ0n) is 12.6. The standard InChI is InChI=1S/C17H18N2O3/c1-13-7-8-14(12-15(13)19-10-3-4-11-19)17(21)18-9-5-6-16(20)22-2/h3-8,10-12H,9H2,1-2H3,(H,18,21)/b6-5+. The quantitative estimate of drug-likeness (QED) is 0.680. The van der Waals surface area contributed by atoms with E-state index in [4.69, 9.17) is 0 Å². The Hall–Kier alpha value is -2.82. The van der Waals surface area contributed by atoms with Gasteiger partial charge in [-0.25, -0.2) is 4.79 Å². The highest BCUT2D eigenvalue weighted by molar-refractivity contribution is 5.95. The van der Waals surface area contributed by atoms with Crippen LogP contribution >= 0.6 is 0 Å². The minimum atomic E-state index is -0.445. The summed E-state index contributed by atoms with van der Waals surface area (Å²) < 4.78 is 6.43. The molecule has 1 aromatic heterocycles. The van der Waals surface area contributed by atoms with Crippen molar-refractivity contribution in [2.75, 3.05) is 13.7 Å². The topological polar surface area (TPSA) is 60.3 Å². The van der Waals surface area contributed by atoms with E-state index < -0.39 is 5.97 Å². The van der Waals surface area contributed by atoms with Gasteiger partial charge in [0.2, 0.25) is 0 Å². The van der Waals surface area contributed by atoms with Crippen LogP contribution < -0.4 is 5.32 Å². The van der Waals surface area contributed by atoms with Crippen LogP contribution in [0.15, 0.2) is 54.9 Å². The molecule has 2 rings (SSSR count). The van der Waals surface area contributed by atoms with Gasteiger partial charge in [0.1, 0.15) is 0 Å². The Labute approximate surface area is 129 Å². The molecule has 1 N–H and O–H groups in total. The van der Waals surface area contributed by atoms with E-state index in [1.807, 2.05) is 48.1 Å². The number of methoxy groups -OCH3 is 1. The number of carbonyl (C=O) groups is 2. The Morgan fingerprint density at radius 2 is 2.00 bits per heavy atom. The fourth-order valence-corrected chi connectivity index (χ4v) is 2.00. The molecule has 1 amide bonds. The van der Waals surface area contributed by atoms with Crippen molar-refractivity contribution in [3.8, 4) is 5.69 Å². The number of amides is 1. The van der Waals surface area contributed by atoms with Crippen molar-refractivity contribution < 1.29 is 14.3 Å². The number of carbonyl (C=O) groups excluding carboxylic acids is 2. The molecule has 0 saturated carbocycles. The summed E-state index contributed by atoms with van der Waals surface area (Å²) in [5, 5.41) is 2.73. The van der Waals surface area contributed by atoms with Crippen molar-refractivity contribution in [1.82, 2.24) is 9.88 Å². The van der Waals surface area contributed by atoms with Gasteiger partial charge in [0.15, 0.2) is 0 Å². The first-order valence-corrected chi connectivity index (χ1v) is 6.88. The van der Waals surface area contributed by atoms with E-state index in [1.165, 1.54) is 13.2 Å². The van der Waals surface area contributed by atoms with Gasteiger partial charge in [0.05, 0.1) is 7.11 Å². The number of aryl methyl sites for hydroxylation is 1. The van der Waals surface area contributed by atoms with Gasteiger partial charge in [-0.05, 0) is 36.8 Å². The molecule has 5 nitrogen and oxygen atoms in total. The van der Waals surface area contributed by atoms with Crippen LogP contribution in [0.25, 0.3) is 5.69 Å². The van der Waals surface area contributed by atoms with Crippen molar-refractivity contribution in [1.29, 1.82) is 0 Å². The molecule has 22 heavy (non-hydrogen) atoms. The van der Waals surface area contributed by atoms with Gasteiger partial charge in [-0.1, -0.05) is 12.1 Å². The van der Waals surface area contributed by atoms with E-state index in [0.717, 1.165) is 11.3 Å². The second-order valence-electron chi connectivity index (χ2n) is 4.73. The lowest BCUT2D eigenvalue weighted by molar-refractivity contribution is -0.134. The number of ether oxygens (including phenoxy) is 1. The summed E-state index contributed by atoms with van der Waals surface area (Å²) in [6.07, 6.45) is 6.69. The smallest absolute Gasteiger partial charge is 0.330 e. The third-order valence-corrected chi connectivity index (χ3v) is 3.19. The maximum atomic E-state index is 12.1. The Morgan fingerprint density at radius 3 is 2.68 bits per heavy atom. The lowest BCUT2D eigenvalue weighted by Crippen LogP contribution is -2.23. The summed E-state index contributed by atoms with van der Waals surface area (Å²) in [7, 11) is 1.31. The first-order chi connectivity index (χ1) is 10.6. The Kier molecular flexibility index (Phi) is 5.14. The van der Waals surface area contributed by atoms with Crippen molar-refractivity contribution in [2.45, 2.75) is 6.92 Å².